The van der Waals surface area contributed by atoms with E-state index in [-0.39, 0.29) is 11.9 Å². The Morgan fingerprint density at radius 3 is 2.60 bits per heavy atom. The summed E-state index contributed by atoms with van der Waals surface area (Å²) in [6.45, 7) is 11.2. The van der Waals surface area contributed by atoms with Crippen molar-refractivity contribution < 1.29 is 4.79 Å². The van der Waals surface area contributed by atoms with Gasteiger partial charge in [0.05, 0.1) is 0 Å². The van der Waals surface area contributed by atoms with Crippen molar-refractivity contribution in [2.75, 3.05) is 11.9 Å². The molecule has 4 heteroatoms. The molecule has 1 aromatic rings. The molecule has 0 spiro atoms. The summed E-state index contributed by atoms with van der Waals surface area (Å²) in [7, 11) is 0. The van der Waals surface area contributed by atoms with Gasteiger partial charge in [0.1, 0.15) is 5.82 Å². The second-order valence-electron chi connectivity index (χ2n) is 5.46. The molecule has 0 aliphatic rings. The molecule has 2 unspecified atom stereocenters. The van der Waals surface area contributed by atoms with Crippen LogP contribution < -0.4 is 10.6 Å². The standard InChI is InChI=1S/C16H27N3O/c1-6-8-17-15-10-14(9-12(4)18-15)16(20)19-13(5)11(3)7-2/h9-11,13H,6-8H2,1-5H3,(H,17,18)(H,19,20). The third-order valence-corrected chi connectivity index (χ3v) is 3.63. The van der Waals surface area contributed by atoms with Gasteiger partial charge in [0.15, 0.2) is 0 Å². The molecule has 0 aliphatic carbocycles. The van der Waals surface area contributed by atoms with Crippen LogP contribution in [0.1, 0.15) is 56.6 Å². The fourth-order valence-corrected chi connectivity index (χ4v) is 1.93. The molecule has 112 valence electrons. The van der Waals surface area contributed by atoms with Crippen LogP contribution >= 0.6 is 0 Å². The van der Waals surface area contributed by atoms with E-state index in [0.717, 1.165) is 30.9 Å². The van der Waals surface area contributed by atoms with Gasteiger partial charge in [-0.2, -0.15) is 0 Å². The van der Waals surface area contributed by atoms with Gasteiger partial charge in [-0.3, -0.25) is 4.79 Å². The molecule has 0 aromatic carbocycles. The van der Waals surface area contributed by atoms with Gasteiger partial charge in [-0.15, -0.1) is 0 Å². The molecular formula is C16H27N3O. The van der Waals surface area contributed by atoms with Crippen LogP contribution in [0.3, 0.4) is 0 Å². The molecule has 1 aromatic heterocycles. The van der Waals surface area contributed by atoms with E-state index in [9.17, 15) is 4.79 Å². The van der Waals surface area contributed by atoms with Crippen molar-refractivity contribution in [3.05, 3.63) is 23.4 Å². The summed E-state index contributed by atoms with van der Waals surface area (Å²) in [6, 6.07) is 3.82. The molecule has 1 heterocycles. The lowest BCUT2D eigenvalue weighted by Gasteiger charge is -2.20. The summed E-state index contributed by atoms with van der Waals surface area (Å²) in [5, 5.41) is 6.29. The Bertz CT molecular complexity index is 445. The van der Waals surface area contributed by atoms with Crippen molar-refractivity contribution in [2.24, 2.45) is 5.92 Å². The maximum absolute atomic E-state index is 12.3. The van der Waals surface area contributed by atoms with Crippen molar-refractivity contribution in [2.45, 2.75) is 53.5 Å². The smallest absolute Gasteiger partial charge is 0.251 e. The number of amides is 1. The van der Waals surface area contributed by atoms with E-state index in [1.54, 1.807) is 0 Å². The van der Waals surface area contributed by atoms with E-state index in [0.29, 0.717) is 11.5 Å². The Balaban J connectivity index is 2.79. The molecule has 0 saturated heterocycles. The fourth-order valence-electron chi connectivity index (χ4n) is 1.93. The van der Waals surface area contributed by atoms with Gasteiger partial charge in [0.2, 0.25) is 0 Å². The van der Waals surface area contributed by atoms with Gasteiger partial charge in [0.25, 0.3) is 5.91 Å². The van der Waals surface area contributed by atoms with Gasteiger partial charge in [-0.05, 0) is 38.3 Å². The Hall–Kier alpha value is -1.58. The first kappa shape index (κ1) is 16.5. The summed E-state index contributed by atoms with van der Waals surface area (Å²) in [5.41, 5.74) is 1.53. The van der Waals surface area contributed by atoms with Crippen LogP contribution in [0.2, 0.25) is 0 Å². The van der Waals surface area contributed by atoms with Crippen LogP contribution in [0.15, 0.2) is 12.1 Å². The van der Waals surface area contributed by atoms with Crippen LogP contribution in [0.5, 0.6) is 0 Å². The Kier molecular flexibility index (Phi) is 6.49. The number of nitrogens with zero attached hydrogens (tertiary/aromatic N) is 1. The topological polar surface area (TPSA) is 54.0 Å². The minimum absolute atomic E-state index is 0.0251. The highest BCUT2D eigenvalue weighted by Gasteiger charge is 2.15. The highest BCUT2D eigenvalue weighted by atomic mass is 16.1. The Morgan fingerprint density at radius 1 is 1.30 bits per heavy atom. The summed E-state index contributed by atoms with van der Waals surface area (Å²) in [4.78, 5) is 16.7. The molecule has 0 bridgehead atoms. The molecular weight excluding hydrogens is 250 g/mol. The number of carbonyl (C=O) groups excluding carboxylic acids is 1. The minimum atomic E-state index is -0.0251. The lowest BCUT2D eigenvalue weighted by Crippen LogP contribution is -2.37. The molecule has 0 saturated carbocycles. The van der Waals surface area contributed by atoms with Crippen LogP contribution in [0, 0.1) is 12.8 Å². The fraction of sp³-hybridized carbons (Fsp3) is 0.625. The monoisotopic (exact) mass is 277 g/mol. The van der Waals surface area contributed by atoms with Gasteiger partial charge in [-0.1, -0.05) is 27.2 Å². The largest absolute Gasteiger partial charge is 0.370 e. The van der Waals surface area contributed by atoms with Gasteiger partial charge in [0, 0.05) is 23.8 Å². The second-order valence-corrected chi connectivity index (χ2v) is 5.46. The van der Waals surface area contributed by atoms with Crippen molar-refractivity contribution in [3.8, 4) is 0 Å². The number of hydrogen-bond acceptors (Lipinski definition) is 3. The highest BCUT2D eigenvalue weighted by Crippen LogP contribution is 2.12. The van der Waals surface area contributed by atoms with E-state index < -0.39 is 0 Å². The number of anilines is 1. The summed E-state index contributed by atoms with van der Waals surface area (Å²) in [5.74, 6) is 1.22. The molecule has 4 nitrogen and oxygen atoms in total. The zero-order chi connectivity index (χ0) is 15.1. The third kappa shape index (κ3) is 4.83. The van der Waals surface area contributed by atoms with E-state index in [4.69, 9.17) is 0 Å². The summed E-state index contributed by atoms with van der Waals surface area (Å²) >= 11 is 0. The number of hydrogen-bond donors (Lipinski definition) is 2. The predicted octanol–water partition coefficient (Wildman–Crippen LogP) is 3.38. The van der Waals surface area contributed by atoms with E-state index in [1.807, 2.05) is 19.1 Å². The first-order chi connectivity index (χ1) is 9.47. The zero-order valence-electron chi connectivity index (χ0n) is 13.3. The van der Waals surface area contributed by atoms with Crippen molar-refractivity contribution in [3.63, 3.8) is 0 Å². The lowest BCUT2D eigenvalue weighted by atomic mass is 10.0. The number of carbonyl (C=O) groups is 1. The van der Waals surface area contributed by atoms with Crippen LogP contribution in [-0.2, 0) is 0 Å². The molecule has 2 N–H and O–H groups in total. The molecule has 2 atom stereocenters. The van der Waals surface area contributed by atoms with E-state index in [2.05, 4.69) is 43.3 Å². The van der Waals surface area contributed by atoms with E-state index in [1.165, 1.54) is 0 Å². The molecule has 0 radical (unpaired) electrons. The molecule has 1 amide bonds. The normalized spacial score (nSPS) is 13.7. The van der Waals surface area contributed by atoms with Crippen LogP contribution in [0.25, 0.3) is 0 Å². The number of pyridine rings is 1. The Labute approximate surface area is 122 Å². The maximum atomic E-state index is 12.3. The first-order valence-electron chi connectivity index (χ1n) is 7.51. The van der Waals surface area contributed by atoms with Crippen molar-refractivity contribution in [1.29, 1.82) is 0 Å². The van der Waals surface area contributed by atoms with E-state index >= 15 is 0 Å². The summed E-state index contributed by atoms with van der Waals surface area (Å²) in [6.07, 6.45) is 2.09. The quantitative estimate of drug-likeness (QED) is 0.803. The van der Waals surface area contributed by atoms with Gasteiger partial charge < -0.3 is 10.6 Å². The highest BCUT2D eigenvalue weighted by molar-refractivity contribution is 5.95. The van der Waals surface area contributed by atoms with Crippen LogP contribution in [0.4, 0.5) is 5.82 Å². The van der Waals surface area contributed by atoms with Gasteiger partial charge in [-0.25, -0.2) is 4.98 Å². The van der Waals surface area contributed by atoms with Crippen LogP contribution in [-0.4, -0.2) is 23.5 Å². The average Bonchev–Trinajstić information content (AvgIpc) is 2.43. The average molecular weight is 277 g/mol. The third-order valence-electron chi connectivity index (χ3n) is 3.63. The first-order valence-corrected chi connectivity index (χ1v) is 7.51. The number of aryl methyl sites for hydroxylation is 1. The van der Waals surface area contributed by atoms with Gasteiger partial charge >= 0.3 is 0 Å². The molecule has 1 rings (SSSR count). The molecule has 20 heavy (non-hydrogen) atoms. The lowest BCUT2D eigenvalue weighted by molar-refractivity contribution is 0.0928. The second kappa shape index (κ2) is 7.88. The zero-order valence-corrected chi connectivity index (χ0v) is 13.3. The molecule has 0 fully saturated rings. The number of aromatic nitrogens is 1. The minimum Gasteiger partial charge on any atom is -0.370 e. The van der Waals surface area contributed by atoms with Crippen molar-refractivity contribution >= 4 is 11.7 Å². The SMILES string of the molecule is CCCNc1cc(C(=O)NC(C)C(C)CC)cc(C)n1. The Morgan fingerprint density at radius 2 is 2.00 bits per heavy atom. The predicted molar refractivity (Wildman–Crippen MR) is 84.1 cm³/mol. The number of rotatable bonds is 7. The molecule has 0 aliphatic heterocycles. The number of nitrogens with one attached hydrogen (secondary N) is 2. The van der Waals surface area contributed by atoms with Crippen molar-refractivity contribution in [1.82, 2.24) is 10.3 Å². The summed E-state index contributed by atoms with van der Waals surface area (Å²) < 4.78 is 0. The maximum Gasteiger partial charge on any atom is 0.251 e.